The van der Waals surface area contributed by atoms with Crippen molar-refractivity contribution in [2.45, 2.75) is 37.1 Å². The number of methoxy groups -OCH3 is 1. The first-order chi connectivity index (χ1) is 13.0. The second kappa shape index (κ2) is 8.42. The zero-order chi connectivity index (χ0) is 19.6. The first-order valence-electron chi connectivity index (χ1n) is 8.71. The molecule has 148 valence electrons. The molecule has 0 spiro atoms. The van der Waals surface area contributed by atoms with E-state index >= 15 is 0 Å². The predicted molar refractivity (Wildman–Crippen MR) is 90.9 cm³/mol. The van der Waals surface area contributed by atoms with Crippen LogP contribution in [0, 0.1) is 0 Å². The Balaban J connectivity index is 1.54. The molecular formula is C18H23NO8. The fourth-order valence-corrected chi connectivity index (χ4v) is 3.33. The molecular weight excluding hydrogens is 358 g/mol. The highest BCUT2D eigenvalue weighted by Gasteiger charge is 2.45. The summed E-state index contributed by atoms with van der Waals surface area (Å²) in [6.07, 6.45) is -5.17. The number of aliphatic hydroxyl groups excluding tert-OH is 3. The highest BCUT2D eigenvalue weighted by Crippen LogP contribution is 2.25. The van der Waals surface area contributed by atoms with E-state index in [1.807, 2.05) is 0 Å². The molecule has 1 aromatic rings. The van der Waals surface area contributed by atoms with Gasteiger partial charge in [-0.2, -0.15) is 0 Å². The number of amides is 2. The normalized spacial score (nSPS) is 30.7. The lowest BCUT2D eigenvalue weighted by Crippen LogP contribution is -2.60. The lowest BCUT2D eigenvalue weighted by Gasteiger charge is -2.41. The standard InChI is InChI=1S/C18H23NO8/c1-25-18-14(22)15(13(21)12(9-20)27-18)26-8-4-7-19-16(23)10-5-2-3-6-11(10)17(19)24/h2-3,5-6,12-15,18,20-22H,4,7-9H2,1H3/t12-,13+,14-,15+,18+/m1/s1. The Bertz CT molecular complexity index is 645. The van der Waals surface area contributed by atoms with Crippen LogP contribution in [-0.2, 0) is 14.2 Å². The summed E-state index contributed by atoms with van der Waals surface area (Å²) in [4.78, 5) is 25.7. The largest absolute Gasteiger partial charge is 0.394 e. The zero-order valence-electron chi connectivity index (χ0n) is 14.9. The maximum atomic E-state index is 12.3. The highest BCUT2D eigenvalue weighted by molar-refractivity contribution is 6.21. The number of carbonyl (C=O) groups excluding carboxylic acids is 2. The van der Waals surface area contributed by atoms with Crippen LogP contribution in [0.2, 0.25) is 0 Å². The van der Waals surface area contributed by atoms with E-state index in [2.05, 4.69) is 0 Å². The van der Waals surface area contributed by atoms with Crippen LogP contribution in [0.1, 0.15) is 27.1 Å². The van der Waals surface area contributed by atoms with Gasteiger partial charge >= 0.3 is 0 Å². The molecule has 27 heavy (non-hydrogen) atoms. The predicted octanol–water partition coefficient (Wildman–Crippen LogP) is -0.857. The van der Waals surface area contributed by atoms with E-state index in [1.54, 1.807) is 24.3 Å². The first-order valence-corrected chi connectivity index (χ1v) is 8.71. The number of ether oxygens (including phenoxy) is 3. The summed E-state index contributed by atoms with van der Waals surface area (Å²) in [7, 11) is 1.33. The second-order valence-electron chi connectivity index (χ2n) is 6.44. The van der Waals surface area contributed by atoms with Gasteiger partial charge in [-0.15, -0.1) is 0 Å². The zero-order valence-corrected chi connectivity index (χ0v) is 14.9. The van der Waals surface area contributed by atoms with Crippen LogP contribution in [0.5, 0.6) is 0 Å². The summed E-state index contributed by atoms with van der Waals surface area (Å²) < 4.78 is 15.8. The molecule has 3 rings (SSSR count). The van der Waals surface area contributed by atoms with Gasteiger partial charge in [0.15, 0.2) is 6.29 Å². The van der Waals surface area contributed by atoms with Gasteiger partial charge in [0.1, 0.15) is 24.4 Å². The van der Waals surface area contributed by atoms with E-state index in [0.717, 1.165) is 4.90 Å². The fourth-order valence-electron chi connectivity index (χ4n) is 3.33. The molecule has 9 nitrogen and oxygen atoms in total. The van der Waals surface area contributed by atoms with Crippen LogP contribution in [0.4, 0.5) is 0 Å². The van der Waals surface area contributed by atoms with Gasteiger partial charge in [0.2, 0.25) is 0 Å². The van der Waals surface area contributed by atoms with Crippen LogP contribution in [0.25, 0.3) is 0 Å². The summed E-state index contributed by atoms with van der Waals surface area (Å²) in [5.74, 6) is -0.692. The van der Waals surface area contributed by atoms with Crippen LogP contribution < -0.4 is 0 Å². The Labute approximate surface area is 156 Å². The molecule has 0 aromatic heterocycles. The first kappa shape index (κ1) is 19.9. The van der Waals surface area contributed by atoms with E-state index in [-0.39, 0.29) is 25.0 Å². The quantitative estimate of drug-likeness (QED) is 0.412. The minimum absolute atomic E-state index is 0.0841. The summed E-state index contributed by atoms with van der Waals surface area (Å²) in [6.45, 7) is -0.220. The van der Waals surface area contributed by atoms with E-state index in [0.29, 0.717) is 17.5 Å². The van der Waals surface area contributed by atoms with E-state index in [9.17, 15) is 24.9 Å². The third-order valence-corrected chi connectivity index (χ3v) is 4.77. The van der Waals surface area contributed by atoms with Crippen molar-refractivity contribution in [2.75, 3.05) is 26.9 Å². The Morgan fingerprint density at radius 3 is 2.30 bits per heavy atom. The summed E-state index contributed by atoms with van der Waals surface area (Å²) >= 11 is 0. The molecule has 0 saturated carbocycles. The third-order valence-electron chi connectivity index (χ3n) is 4.77. The molecule has 1 fully saturated rings. The summed E-state index contributed by atoms with van der Waals surface area (Å²) in [5.41, 5.74) is 0.764. The smallest absolute Gasteiger partial charge is 0.261 e. The van der Waals surface area contributed by atoms with Gasteiger partial charge in [-0.3, -0.25) is 14.5 Å². The van der Waals surface area contributed by atoms with Crippen molar-refractivity contribution < 1.29 is 39.1 Å². The lowest BCUT2D eigenvalue weighted by molar-refractivity contribution is -0.301. The van der Waals surface area contributed by atoms with Crippen molar-refractivity contribution in [1.82, 2.24) is 4.90 Å². The lowest BCUT2D eigenvalue weighted by atomic mass is 9.99. The number of hydrogen-bond acceptors (Lipinski definition) is 8. The molecule has 2 heterocycles. The van der Waals surface area contributed by atoms with E-state index in [1.165, 1.54) is 7.11 Å². The van der Waals surface area contributed by atoms with Crippen LogP contribution in [0.3, 0.4) is 0 Å². The number of benzene rings is 1. The molecule has 9 heteroatoms. The van der Waals surface area contributed by atoms with Crippen molar-refractivity contribution in [2.24, 2.45) is 0 Å². The monoisotopic (exact) mass is 381 g/mol. The summed E-state index contributed by atoms with van der Waals surface area (Å²) in [6, 6.07) is 6.63. The average Bonchev–Trinajstić information content (AvgIpc) is 2.92. The van der Waals surface area contributed by atoms with Crippen molar-refractivity contribution in [3.05, 3.63) is 35.4 Å². The second-order valence-corrected chi connectivity index (χ2v) is 6.44. The van der Waals surface area contributed by atoms with Crippen molar-refractivity contribution in [3.63, 3.8) is 0 Å². The maximum absolute atomic E-state index is 12.3. The van der Waals surface area contributed by atoms with Gasteiger partial charge in [0.25, 0.3) is 11.8 Å². The van der Waals surface area contributed by atoms with Crippen LogP contribution in [0.15, 0.2) is 24.3 Å². The van der Waals surface area contributed by atoms with Gasteiger partial charge in [-0.25, -0.2) is 0 Å². The average molecular weight is 381 g/mol. The van der Waals surface area contributed by atoms with Gasteiger partial charge in [-0.05, 0) is 18.6 Å². The number of hydrogen-bond donors (Lipinski definition) is 3. The van der Waals surface area contributed by atoms with E-state index < -0.39 is 37.3 Å². The number of carbonyl (C=O) groups is 2. The fraction of sp³-hybridized carbons (Fsp3) is 0.556. The molecule has 1 aromatic carbocycles. The topological polar surface area (TPSA) is 126 Å². The molecule has 0 bridgehead atoms. The Hall–Kier alpha value is -1.88. The molecule has 5 atom stereocenters. The number of aliphatic hydroxyl groups is 3. The molecule has 2 aliphatic heterocycles. The Kier molecular flexibility index (Phi) is 6.20. The molecule has 0 unspecified atom stereocenters. The molecule has 1 saturated heterocycles. The Morgan fingerprint density at radius 2 is 1.74 bits per heavy atom. The number of rotatable bonds is 7. The molecule has 3 N–H and O–H groups in total. The molecule has 0 radical (unpaired) electrons. The Morgan fingerprint density at radius 1 is 1.11 bits per heavy atom. The number of fused-ring (bicyclic) bond motifs is 1. The maximum Gasteiger partial charge on any atom is 0.261 e. The molecule has 2 aliphatic rings. The van der Waals surface area contributed by atoms with Gasteiger partial charge < -0.3 is 29.5 Å². The minimum Gasteiger partial charge on any atom is -0.394 e. The van der Waals surface area contributed by atoms with Crippen molar-refractivity contribution in [1.29, 1.82) is 0 Å². The third kappa shape index (κ3) is 3.75. The van der Waals surface area contributed by atoms with Crippen LogP contribution in [-0.4, -0.2) is 89.6 Å². The number of imide groups is 1. The SMILES string of the molecule is CO[C@H]1O[C@H](CO)[C@H](O)[C@H](OCCCN2C(=O)c3ccccc3C2=O)[C@H]1O. The van der Waals surface area contributed by atoms with Crippen molar-refractivity contribution in [3.8, 4) is 0 Å². The minimum atomic E-state index is -1.24. The van der Waals surface area contributed by atoms with Crippen molar-refractivity contribution >= 4 is 11.8 Å². The van der Waals surface area contributed by atoms with Crippen LogP contribution >= 0.6 is 0 Å². The van der Waals surface area contributed by atoms with E-state index in [4.69, 9.17) is 14.2 Å². The van der Waals surface area contributed by atoms with Gasteiger partial charge in [0.05, 0.1) is 17.7 Å². The van der Waals surface area contributed by atoms with Gasteiger partial charge in [-0.1, -0.05) is 12.1 Å². The highest BCUT2D eigenvalue weighted by atomic mass is 16.7. The number of nitrogens with zero attached hydrogens (tertiary/aromatic N) is 1. The summed E-state index contributed by atoms with van der Waals surface area (Å²) in [5, 5.41) is 29.7. The molecule has 0 aliphatic carbocycles. The molecule has 2 amide bonds. The van der Waals surface area contributed by atoms with Gasteiger partial charge in [0, 0.05) is 20.3 Å².